The number of hydrogen-bond acceptors (Lipinski definition) is 6. The van der Waals surface area contributed by atoms with E-state index in [2.05, 4.69) is 26.0 Å². The van der Waals surface area contributed by atoms with Crippen LogP contribution in [0.25, 0.3) is 10.7 Å². The summed E-state index contributed by atoms with van der Waals surface area (Å²) in [5, 5.41) is 8.87. The lowest BCUT2D eigenvalue weighted by molar-refractivity contribution is -0.122. The van der Waals surface area contributed by atoms with Gasteiger partial charge in [0.15, 0.2) is 10.6 Å². The fraction of sp³-hybridized carbons (Fsp3) is 0.133. The molecule has 8 nitrogen and oxygen atoms in total. The van der Waals surface area contributed by atoms with Gasteiger partial charge in [0.1, 0.15) is 5.69 Å². The lowest BCUT2D eigenvalue weighted by Crippen LogP contribution is -2.42. The van der Waals surface area contributed by atoms with Gasteiger partial charge in [0.05, 0.1) is 4.88 Å². The van der Waals surface area contributed by atoms with Crippen molar-refractivity contribution in [3.63, 3.8) is 0 Å². The molecule has 0 atom stereocenters. The van der Waals surface area contributed by atoms with Crippen molar-refractivity contribution in [1.82, 2.24) is 30.6 Å². The van der Waals surface area contributed by atoms with Gasteiger partial charge in [-0.3, -0.25) is 35.1 Å². The van der Waals surface area contributed by atoms with Crippen LogP contribution in [-0.2, 0) is 11.3 Å². The third-order valence-corrected chi connectivity index (χ3v) is 4.45. The molecule has 0 saturated carbocycles. The van der Waals surface area contributed by atoms with Gasteiger partial charge >= 0.3 is 0 Å². The highest BCUT2D eigenvalue weighted by Crippen LogP contribution is 2.22. The molecule has 3 aromatic rings. The highest BCUT2D eigenvalue weighted by Gasteiger charge is 2.12. The van der Waals surface area contributed by atoms with E-state index in [0.717, 1.165) is 4.88 Å². The predicted molar refractivity (Wildman–Crippen MR) is 95.2 cm³/mol. The Morgan fingerprint density at radius 1 is 1.24 bits per heavy atom. The van der Waals surface area contributed by atoms with Gasteiger partial charge in [0.2, 0.25) is 5.91 Å². The maximum atomic E-state index is 12.0. The standard InChI is InChI=1S/C15H14N6O2S2/c22-12(17-19-14(23)10-4-1-2-7-16-10)6-8-21-13(18-20-15(21)24)11-5-3-9-25-11/h1-5,7,9H,6,8H2,(H,17,22)(H,19,23)(H,20,24). The van der Waals surface area contributed by atoms with Crippen molar-refractivity contribution in [2.75, 3.05) is 0 Å². The third-order valence-electron chi connectivity index (χ3n) is 3.28. The number of thiophene rings is 1. The van der Waals surface area contributed by atoms with Gasteiger partial charge in [0.25, 0.3) is 5.91 Å². The minimum absolute atomic E-state index is 0.134. The number of carbonyl (C=O) groups excluding carboxylic acids is 2. The first kappa shape index (κ1) is 17.0. The Morgan fingerprint density at radius 2 is 2.12 bits per heavy atom. The summed E-state index contributed by atoms with van der Waals surface area (Å²) in [6.45, 7) is 0.341. The zero-order chi connectivity index (χ0) is 17.6. The van der Waals surface area contributed by atoms with Crippen molar-refractivity contribution in [2.24, 2.45) is 0 Å². The summed E-state index contributed by atoms with van der Waals surface area (Å²) < 4.78 is 2.19. The molecule has 128 valence electrons. The summed E-state index contributed by atoms with van der Waals surface area (Å²) in [6.07, 6.45) is 1.64. The van der Waals surface area contributed by atoms with Crippen molar-refractivity contribution < 1.29 is 9.59 Å². The first-order valence-corrected chi connectivity index (χ1v) is 8.63. The average molecular weight is 374 g/mol. The quantitative estimate of drug-likeness (QED) is 0.467. The Hall–Kier alpha value is -2.85. The van der Waals surface area contributed by atoms with Crippen LogP contribution in [0, 0.1) is 4.77 Å². The largest absolute Gasteiger partial charge is 0.299 e. The molecule has 10 heteroatoms. The first-order chi connectivity index (χ1) is 12.1. The number of aromatic amines is 1. The van der Waals surface area contributed by atoms with Crippen molar-refractivity contribution >= 4 is 35.4 Å². The van der Waals surface area contributed by atoms with Crippen LogP contribution in [0.3, 0.4) is 0 Å². The van der Waals surface area contributed by atoms with E-state index in [-0.39, 0.29) is 18.0 Å². The maximum Gasteiger partial charge on any atom is 0.288 e. The molecule has 25 heavy (non-hydrogen) atoms. The lowest BCUT2D eigenvalue weighted by Gasteiger charge is -2.08. The highest BCUT2D eigenvalue weighted by molar-refractivity contribution is 7.71. The Morgan fingerprint density at radius 3 is 2.84 bits per heavy atom. The zero-order valence-corrected chi connectivity index (χ0v) is 14.6. The molecule has 0 fully saturated rings. The summed E-state index contributed by atoms with van der Waals surface area (Å²) in [5.74, 6) is -0.136. The molecular weight excluding hydrogens is 360 g/mol. The molecule has 0 aliphatic rings. The summed E-state index contributed by atoms with van der Waals surface area (Å²) in [5.41, 5.74) is 4.91. The van der Waals surface area contributed by atoms with E-state index in [1.807, 2.05) is 17.5 Å². The summed E-state index contributed by atoms with van der Waals surface area (Å²) in [6, 6.07) is 8.80. The molecular formula is C15H14N6O2S2. The van der Waals surface area contributed by atoms with Gasteiger partial charge in [-0.15, -0.1) is 11.3 Å². The van der Waals surface area contributed by atoms with E-state index in [0.29, 0.717) is 17.1 Å². The van der Waals surface area contributed by atoms with Crippen LogP contribution in [0.5, 0.6) is 0 Å². The van der Waals surface area contributed by atoms with Crippen molar-refractivity contribution in [3.8, 4) is 10.7 Å². The first-order valence-electron chi connectivity index (χ1n) is 7.34. The van der Waals surface area contributed by atoms with E-state index >= 15 is 0 Å². The third kappa shape index (κ3) is 4.17. The Kier molecular flexibility index (Phi) is 5.31. The Labute approximate surface area is 151 Å². The van der Waals surface area contributed by atoms with E-state index in [1.165, 1.54) is 17.5 Å². The maximum absolute atomic E-state index is 12.0. The molecule has 0 radical (unpaired) electrons. The number of aromatic nitrogens is 4. The molecule has 0 bridgehead atoms. The summed E-state index contributed by atoms with van der Waals surface area (Å²) in [4.78, 5) is 28.6. The number of nitrogens with one attached hydrogen (secondary N) is 3. The van der Waals surface area contributed by atoms with Crippen LogP contribution in [0.1, 0.15) is 16.9 Å². The molecule has 0 spiro atoms. The van der Waals surface area contributed by atoms with E-state index in [9.17, 15) is 9.59 Å². The number of carbonyl (C=O) groups is 2. The molecule has 0 aliphatic carbocycles. The fourth-order valence-electron chi connectivity index (χ4n) is 2.08. The SMILES string of the molecule is O=C(CCn1c(-c2cccs2)n[nH]c1=S)NNC(=O)c1ccccn1. The van der Waals surface area contributed by atoms with Crippen LogP contribution in [0.4, 0.5) is 0 Å². The van der Waals surface area contributed by atoms with Gasteiger partial charge in [-0.05, 0) is 35.8 Å². The van der Waals surface area contributed by atoms with Gasteiger partial charge in [-0.2, -0.15) is 5.10 Å². The van der Waals surface area contributed by atoms with Crippen molar-refractivity contribution in [3.05, 3.63) is 52.4 Å². The summed E-state index contributed by atoms with van der Waals surface area (Å²) >= 11 is 6.74. The molecule has 3 N–H and O–H groups in total. The zero-order valence-electron chi connectivity index (χ0n) is 12.9. The number of hydrogen-bond donors (Lipinski definition) is 3. The molecule has 3 rings (SSSR count). The monoisotopic (exact) mass is 374 g/mol. The van der Waals surface area contributed by atoms with Crippen LogP contribution in [0.15, 0.2) is 41.9 Å². The van der Waals surface area contributed by atoms with Gasteiger partial charge in [-0.1, -0.05) is 12.1 Å². The lowest BCUT2D eigenvalue weighted by atomic mass is 10.3. The molecule has 0 aromatic carbocycles. The van der Waals surface area contributed by atoms with Crippen LogP contribution in [-0.4, -0.2) is 31.6 Å². The Balaban J connectivity index is 1.56. The second-order valence-corrected chi connectivity index (χ2v) is 6.28. The van der Waals surface area contributed by atoms with Crippen molar-refractivity contribution in [1.29, 1.82) is 0 Å². The average Bonchev–Trinajstić information content (AvgIpc) is 3.28. The van der Waals surface area contributed by atoms with Gasteiger partial charge in [-0.25, -0.2) is 0 Å². The second kappa shape index (κ2) is 7.81. The Bertz CT molecular complexity index is 917. The molecule has 3 aromatic heterocycles. The number of amides is 2. The number of nitrogens with zero attached hydrogens (tertiary/aromatic N) is 3. The number of rotatable bonds is 5. The minimum atomic E-state index is -0.479. The van der Waals surface area contributed by atoms with E-state index in [1.54, 1.807) is 22.8 Å². The van der Waals surface area contributed by atoms with Crippen LogP contribution < -0.4 is 10.9 Å². The number of H-pyrrole nitrogens is 1. The van der Waals surface area contributed by atoms with Gasteiger partial charge in [0, 0.05) is 19.2 Å². The summed E-state index contributed by atoms with van der Waals surface area (Å²) in [7, 11) is 0. The van der Waals surface area contributed by atoms with Crippen LogP contribution in [0.2, 0.25) is 0 Å². The van der Waals surface area contributed by atoms with E-state index in [4.69, 9.17) is 12.2 Å². The number of pyridine rings is 1. The van der Waals surface area contributed by atoms with Crippen LogP contribution >= 0.6 is 23.6 Å². The smallest absolute Gasteiger partial charge is 0.288 e. The fourth-order valence-corrected chi connectivity index (χ4v) is 3.03. The predicted octanol–water partition coefficient (Wildman–Crippen LogP) is 1.92. The second-order valence-electron chi connectivity index (χ2n) is 4.95. The normalized spacial score (nSPS) is 10.4. The topological polar surface area (TPSA) is 105 Å². The highest BCUT2D eigenvalue weighted by atomic mass is 32.1. The number of hydrazine groups is 1. The molecule has 2 amide bonds. The molecule has 0 unspecified atom stereocenters. The molecule has 3 heterocycles. The minimum Gasteiger partial charge on any atom is -0.299 e. The van der Waals surface area contributed by atoms with E-state index < -0.39 is 5.91 Å². The van der Waals surface area contributed by atoms with Gasteiger partial charge < -0.3 is 0 Å². The molecule has 0 aliphatic heterocycles. The molecule has 0 saturated heterocycles. The van der Waals surface area contributed by atoms with Crippen molar-refractivity contribution in [2.45, 2.75) is 13.0 Å².